The molecule has 2 rings (SSSR count). The molecular weight excluding hydrogens is 231 g/mol. The molecule has 0 bridgehead atoms. The summed E-state index contributed by atoms with van der Waals surface area (Å²) in [6.07, 6.45) is 2.80. The Balaban J connectivity index is 1.83. The fourth-order valence-corrected chi connectivity index (χ4v) is 1.77. The number of rotatable bonds is 6. The normalized spacial score (nSPS) is 17.8. The van der Waals surface area contributed by atoms with Gasteiger partial charge >= 0.3 is 0 Å². The van der Waals surface area contributed by atoms with E-state index in [4.69, 9.17) is 4.74 Å². The first-order valence-electron chi connectivity index (χ1n) is 6.19. The van der Waals surface area contributed by atoms with E-state index in [1.165, 1.54) is 6.07 Å². The molecule has 1 aromatic carbocycles. The van der Waals surface area contributed by atoms with Crippen molar-refractivity contribution in [3.05, 3.63) is 30.1 Å². The van der Waals surface area contributed by atoms with Crippen LogP contribution < -0.4 is 10.1 Å². The molecular formula is C14H17FN2O. The smallest absolute Gasteiger partial charge is 0.165 e. The van der Waals surface area contributed by atoms with Crippen molar-refractivity contribution >= 4 is 0 Å². The molecule has 1 fully saturated rings. The molecule has 18 heavy (non-hydrogen) atoms. The molecule has 0 heterocycles. The number of para-hydroxylation sites is 1. The Bertz CT molecular complexity index is 453. The topological polar surface area (TPSA) is 45.0 Å². The molecule has 0 saturated heterocycles. The summed E-state index contributed by atoms with van der Waals surface area (Å²) in [7, 11) is 0. The van der Waals surface area contributed by atoms with Gasteiger partial charge in [0.05, 0.1) is 12.7 Å². The van der Waals surface area contributed by atoms with E-state index in [1.807, 2.05) is 6.92 Å². The van der Waals surface area contributed by atoms with Gasteiger partial charge in [-0.3, -0.25) is 5.32 Å². The van der Waals surface area contributed by atoms with E-state index in [0.717, 1.165) is 12.8 Å². The summed E-state index contributed by atoms with van der Waals surface area (Å²) in [6, 6.07) is 9.03. The number of benzene rings is 1. The molecule has 0 radical (unpaired) electrons. The predicted octanol–water partition coefficient (Wildman–Crippen LogP) is 2.63. The molecule has 1 aliphatic carbocycles. The molecule has 1 atom stereocenters. The van der Waals surface area contributed by atoms with E-state index < -0.39 is 5.54 Å². The van der Waals surface area contributed by atoms with Crippen LogP contribution in [-0.2, 0) is 0 Å². The van der Waals surface area contributed by atoms with Crippen molar-refractivity contribution in [2.45, 2.75) is 37.8 Å². The van der Waals surface area contributed by atoms with Crippen molar-refractivity contribution in [1.82, 2.24) is 5.32 Å². The SMILES string of the molecule is CC(C#N)(CCOc1ccccc1F)NC1CC1. The van der Waals surface area contributed by atoms with Crippen molar-refractivity contribution in [3.63, 3.8) is 0 Å². The summed E-state index contributed by atoms with van der Waals surface area (Å²) < 4.78 is 18.7. The molecule has 3 nitrogen and oxygen atoms in total. The van der Waals surface area contributed by atoms with E-state index in [0.29, 0.717) is 19.1 Å². The van der Waals surface area contributed by atoms with Crippen LogP contribution in [0, 0.1) is 17.1 Å². The average molecular weight is 248 g/mol. The molecule has 1 N–H and O–H groups in total. The van der Waals surface area contributed by atoms with Crippen LogP contribution in [-0.4, -0.2) is 18.2 Å². The van der Waals surface area contributed by atoms with Crippen molar-refractivity contribution < 1.29 is 9.13 Å². The van der Waals surface area contributed by atoms with Gasteiger partial charge < -0.3 is 4.74 Å². The summed E-state index contributed by atoms with van der Waals surface area (Å²) >= 11 is 0. The molecule has 96 valence electrons. The van der Waals surface area contributed by atoms with E-state index in [1.54, 1.807) is 18.2 Å². The highest BCUT2D eigenvalue weighted by Crippen LogP contribution is 2.24. The number of nitrogens with one attached hydrogen (secondary N) is 1. The second kappa shape index (κ2) is 5.36. The van der Waals surface area contributed by atoms with Crippen LogP contribution in [0.1, 0.15) is 26.2 Å². The van der Waals surface area contributed by atoms with Crippen LogP contribution in [0.2, 0.25) is 0 Å². The van der Waals surface area contributed by atoms with Gasteiger partial charge in [-0.05, 0) is 31.9 Å². The molecule has 1 saturated carbocycles. The highest BCUT2D eigenvalue weighted by Gasteiger charge is 2.32. The Morgan fingerprint density at radius 3 is 2.83 bits per heavy atom. The Hall–Kier alpha value is -1.60. The fraction of sp³-hybridized carbons (Fsp3) is 0.500. The molecule has 4 heteroatoms. The van der Waals surface area contributed by atoms with Crippen molar-refractivity contribution in [2.24, 2.45) is 0 Å². The third kappa shape index (κ3) is 3.44. The van der Waals surface area contributed by atoms with Crippen LogP contribution >= 0.6 is 0 Å². The lowest BCUT2D eigenvalue weighted by Gasteiger charge is -2.23. The first kappa shape index (κ1) is 12.8. The standard InChI is InChI=1S/C14H17FN2O/c1-14(10-16,17-11-6-7-11)8-9-18-13-5-3-2-4-12(13)15/h2-5,11,17H,6-9H2,1H3. The zero-order valence-corrected chi connectivity index (χ0v) is 10.4. The maximum atomic E-state index is 13.3. The number of halogens is 1. The van der Waals surface area contributed by atoms with Gasteiger partial charge in [-0.15, -0.1) is 0 Å². The minimum Gasteiger partial charge on any atom is -0.490 e. The number of nitriles is 1. The molecule has 0 spiro atoms. The molecule has 1 unspecified atom stereocenters. The zero-order chi connectivity index (χ0) is 13.0. The Morgan fingerprint density at radius 2 is 2.22 bits per heavy atom. The van der Waals surface area contributed by atoms with Gasteiger partial charge in [0, 0.05) is 12.5 Å². The Kier molecular flexibility index (Phi) is 3.83. The lowest BCUT2D eigenvalue weighted by Crippen LogP contribution is -2.43. The number of nitrogens with zero attached hydrogens (tertiary/aromatic N) is 1. The van der Waals surface area contributed by atoms with Crippen LogP contribution in [0.25, 0.3) is 0 Å². The predicted molar refractivity (Wildman–Crippen MR) is 66.7 cm³/mol. The average Bonchev–Trinajstić information content (AvgIpc) is 3.15. The lowest BCUT2D eigenvalue weighted by molar-refractivity contribution is 0.256. The van der Waals surface area contributed by atoms with Gasteiger partial charge in [0.1, 0.15) is 5.54 Å². The van der Waals surface area contributed by atoms with Gasteiger partial charge in [0.2, 0.25) is 0 Å². The number of hydrogen-bond donors (Lipinski definition) is 1. The van der Waals surface area contributed by atoms with E-state index in [2.05, 4.69) is 11.4 Å². The molecule has 1 aromatic rings. The largest absolute Gasteiger partial charge is 0.490 e. The van der Waals surface area contributed by atoms with Crippen molar-refractivity contribution in [3.8, 4) is 11.8 Å². The highest BCUT2D eigenvalue weighted by molar-refractivity contribution is 5.23. The lowest BCUT2D eigenvalue weighted by atomic mass is 10.0. The minimum atomic E-state index is -0.591. The van der Waals surface area contributed by atoms with Crippen LogP contribution in [0.4, 0.5) is 4.39 Å². The first-order valence-corrected chi connectivity index (χ1v) is 6.19. The van der Waals surface area contributed by atoms with Crippen molar-refractivity contribution in [1.29, 1.82) is 5.26 Å². The van der Waals surface area contributed by atoms with Gasteiger partial charge in [-0.1, -0.05) is 12.1 Å². The second-order valence-electron chi connectivity index (χ2n) is 4.89. The maximum Gasteiger partial charge on any atom is 0.165 e. The van der Waals surface area contributed by atoms with Crippen LogP contribution in [0.3, 0.4) is 0 Å². The molecule has 0 aliphatic heterocycles. The maximum absolute atomic E-state index is 13.3. The summed E-state index contributed by atoms with van der Waals surface area (Å²) in [4.78, 5) is 0. The third-order valence-corrected chi connectivity index (χ3v) is 3.04. The molecule has 0 aromatic heterocycles. The van der Waals surface area contributed by atoms with Crippen LogP contribution in [0.5, 0.6) is 5.75 Å². The molecule has 1 aliphatic rings. The first-order chi connectivity index (χ1) is 8.63. The summed E-state index contributed by atoms with van der Waals surface area (Å²) in [6.45, 7) is 2.18. The summed E-state index contributed by atoms with van der Waals surface area (Å²) in [5.74, 6) is -0.129. The highest BCUT2D eigenvalue weighted by atomic mass is 19.1. The van der Waals surface area contributed by atoms with Gasteiger partial charge in [-0.2, -0.15) is 5.26 Å². The van der Waals surface area contributed by atoms with E-state index in [9.17, 15) is 9.65 Å². The fourth-order valence-electron chi connectivity index (χ4n) is 1.77. The van der Waals surface area contributed by atoms with E-state index >= 15 is 0 Å². The van der Waals surface area contributed by atoms with Crippen molar-refractivity contribution in [2.75, 3.05) is 6.61 Å². The monoisotopic (exact) mass is 248 g/mol. The van der Waals surface area contributed by atoms with E-state index in [-0.39, 0.29) is 11.6 Å². The van der Waals surface area contributed by atoms with Gasteiger partial charge in [-0.25, -0.2) is 4.39 Å². The van der Waals surface area contributed by atoms with Crippen LogP contribution in [0.15, 0.2) is 24.3 Å². The Morgan fingerprint density at radius 1 is 1.50 bits per heavy atom. The third-order valence-electron chi connectivity index (χ3n) is 3.04. The second-order valence-corrected chi connectivity index (χ2v) is 4.89. The zero-order valence-electron chi connectivity index (χ0n) is 10.4. The summed E-state index contributed by atoms with van der Waals surface area (Å²) in [5, 5.41) is 12.5. The van der Waals surface area contributed by atoms with Gasteiger partial charge in [0.25, 0.3) is 0 Å². The minimum absolute atomic E-state index is 0.240. The molecule has 0 amide bonds. The number of ether oxygens (including phenoxy) is 1. The quantitative estimate of drug-likeness (QED) is 0.841. The summed E-state index contributed by atoms with van der Waals surface area (Å²) in [5.41, 5.74) is -0.591. The number of hydrogen-bond acceptors (Lipinski definition) is 3. The van der Waals surface area contributed by atoms with Gasteiger partial charge in [0.15, 0.2) is 11.6 Å². The Labute approximate surface area is 107 Å².